The first kappa shape index (κ1) is 15.0. The van der Waals surface area contributed by atoms with Crippen LogP contribution in [0.3, 0.4) is 0 Å². The van der Waals surface area contributed by atoms with Crippen LogP contribution in [0.5, 0.6) is 0 Å². The molecule has 1 aliphatic carbocycles. The molecule has 1 aliphatic rings. The fourth-order valence-electron chi connectivity index (χ4n) is 3.23. The molecule has 1 fully saturated rings. The van der Waals surface area contributed by atoms with Crippen LogP contribution in [0, 0.1) is 11.8 Å². The normalized spacial score (nSPS) is 31.8. The molecule has 0 aliphatic heterocycles. The summed E-state index contributed by atoms with van der Waals surface area (Å²) < 4.78 is 5.84. The third kappa shape index (κ3) is 4.26. The van der Waals surface area contributed by atoms with Crippen molar-refractivity contribution in [2.24, 2.45) is 17.6 Å². The average Bonchev–Trinajstić information content (AvgIpc) is 2.28. The van der Waals surface area contributed by atoms with E-state index in [0.29, 0.717) is 0 Å². The zero-order valence-electron chi connectivity index (χ0n) is 12.2. The zero-order valence-corrected chi connectivity index (χ0v) is 12.2. The van der Waals surface area contributed by atoms with Gasteiger partial charge in [0.2, 0.25) is 0 Å². The number of hydrogen-bond donors (Lipinski definition) is 1. The number of ether oxygens (including phenoxy) is 1. The van der Waals surface area contributed by atoms with Crippen molar-refractivity contribution in [1.29, 1.82) is 0 Å². The maximum absolute atomic E-state index is 6.42. The molecule has 1 rings (SSSR count). The van der Waals surface area contributed by atoms with Gasteiger partial charge in [-0.1, -0.05) is 46.5 Å². The van der Waals surface area contributed by atoms with Crippen molar-refractivity contribution in [3.63, 3.8) is 0 Å². The van der Waals surface area contributed by atoms with E-state index in [1.54, 1.807) is 0 Å². The minimum Gasteiger partial charge on any atom is -0.377 e. The van der Waals surface area contributed by atoms with Crippen molar-refractivity contribution in [1.82, 2.24) is 0 Å². The summed E-state index contributed by atoms with van der Waals surface area (Å²) in [5.74, 6) is 1.55. The summed E-state index contributed by atoms with van der Waals surface area (Å²) >= 11 is 0. The lowest BCUT2D eigenvalue weighted by molar-refractivity contribution is -0.0727. The molecule has 2 N–H and O–H groups in total. The van der Waals surface area contributed by atoms with Crippen LogP contribution in [0.25, 0.3) is 0 Å². The first-order valence-corrected chi connectivity index (χ1v) is 7.31. The quantitative estimate of drug-likeness (QED) is 0.769. The second kappa shape index (κ2) is 6.75. The molecule has 0 amide bonds. The predicted octanol–water partition coefficient (Wildman–Crippen LogP) is 3.74. The van der Waals surface area contributed by atoms with Crippen LogP contribution in [0.15, 0.2) is 0 Å². The van der Waals surface area contributed by atoms with Crippen LogP contribution < -0.4 is 5.73 Å². The first-order valence-electron chi connectivity index (χ1n) is 7.31. The average molecular weight is 241 g/mol. The van der Waals surface area contributed by atoms with Gasteiger partial charge in [0, 0.05) is 13.2 Å². The zero-order chi connectivity index (χ0) is 12.9. The van der Waals surface area contributed by atoms with E-state index in [9.17, 15) is 0 Å². The van der Waals surface area contributed by atoms with Crippen molar-refractivity contribution in [3.8, 4) is 0 Å². The van der Waals surface area contributed by atoms with Gasteiger partial charge in [-0.05, 0) is 31.1 Å². The van der Waals surface area contributed by atoms with Gasteiger partial charge in [0.15, 0.2) is 0 Å². The molecule has 2 heteroatoms. The Hall–Kier alpha value is -0.0800. The van der Waals surface area contributed by atoms with E-state index in [1.807, 2.05) is 7.11 Å². The molecule has 0 radical (unpaired) electrons. The molecule has 2 nitrogen and oxygen atoms in total. The maximum Gasteiger partial charge on any atom is 0.0831 e. The second-order valence-corrected chi connectivity index (χ2v) is 6.40. The van der Waals surface area contributed by atoms with E-state index in [1.165, 1.54) is 25.7 Å². The third-order valence-corrected chi connectivity index (χ3v) is 4.37. The van der Waals surface area contributed by atoms with Gasteiger partial charge in [-0.2, -0.15) is 0 Å². The topological polar surface area (TPSA) is 35.2 Å². The van der Waals surface area contributed by atoms with Gasteiger partial charge in [0.1, 0.15) is 0 Å². The number of hydrogen-bond acceptors (Lipinski definition) is 2. The molecule has 3 atom stereocenters. The van der Waals surface area contributed by atoms with E-state index >= 15 is 0 Å². The molecule has 1 saturated carbocycles. The van der Waals surface area contributed by atoms with E-state index in [-0.39, 0.29) is 11.6 Å². The highest BCUT2D eigenvalue weighted by atomic mass is 16.5. The molecule has 3 unspecified atom stereocenters. The first-order chi connectivity index (χ1) is 8.00. The van der Waals surface area contributed by atoms with Crippen LogP contribution in [0.2, 0.25) is 0 Å². The van der Waals surface area contributed by atoms with Crippen molar-refractivity contribution in [2.75, 3.05) is 7.11 Å². The maximum atomic E-state index is 6.42. The lowest BCUT2D eigenvalue weighted by Crippen LogP contribution is -2.52. The molecule has 0 aromatic carbocycles. The summed E-state index contributed by atoms with van der Waals surface area (Å²) in [6.45, 7) is 6.88. The summed E-state index contributed by atoms with van der Waals surface area (Å²) in [6.07, 6.45) is 8.53. The lowest BCUT2D eigenvalue weighted by atomic mass is 9.73. The number of rotatable bonds is 6. The van der Waals surface area contributed by atoms with Crippen molar-refractivity contribution < 1.29 is 4.74 Å². The fraction of sp³-hybridized carbons (Fsp3) is 1.00. The Morgan fingerprint density at radius 3 is 2.59 bits per heavy atom. The minimum absolute atomic E-state index is 0.0331. The van der Waals surface area contributed by atoms with E-state index in [0.717, 1.165) is 31.1 Å². The Kier molecular flexibility index (Phi) is 5.94. The Morgan fingerprint density at radius 2 is 2.06 bits per heavy atom. The molecule has 102 valence electrons. The standard InChI is InChI=1S/C15H31NO/c1-12(2)7-5-9-14(16)15(17-4)10-6-8-13(3)11-15/h12-14H,5-11,16H2,1-4H3. The smallest absolute Gasteiger partial charge is 0.0831 e. The molecular weight excluding hydrogens is 210 g/mol. The van der Waals surface area contributed by atoms with Crippen LogP contribution in [0.4, 0.5) is 0 Å². The summed E-state index contributed by atoms with van der Waals surface area (Å²) in [5, 5.41) is 0. The Bertz CT molecular complexity index is 217. The molecule has 0 spiro atoms. The Labute approximate surface area is 107 Å². The monoisotopic (exact) mass is 241 g/mol. The van der Waals surface area contributed by atoms with Gasteiger partial charge in [0.05, 0.1) is 5.60 Å². The second-order valence-electron chi connectivity index (χ2n) is 6.40. The van der Waals surface area contributed by atoms with E-state index in [4.69, 9.17) is 10.5 Å². The van der Waals surface area contributed by atoms with Crippen LogP contribution in [0.1, 0.15) is 65.7 Å². The summed E-state index contributed by atoms with van der Waals surface area (Å²) in [4.78, 5) is 0. The molecule has 0 saturated heterocycles. The van der Waals surface area contributed by atoms with Gasteiger partial charge in [-0.3, -0.25) is 0 Å². The largest absolute Gasteiger partial charge is 0.377 e. The predicted molar refractivity (Wildman–Crippen MR) is 74.0 cm³/mol. The van der Waals surface area contributed by atoms with Crippen LogP contribution in [-0.2, 0) is 4.74 Å². The Morgan fingerprint density at radius 1 is 1.35 bits per heavy atom. The highest BCUT2D eigenvalue weighted by Crippen LogP contribution is 2.37. The fourth-order valence-corrected chi connectivity index (χ4v) is 3.23. The summed E-state index contributed by atoms with van der Waals surface area (Å²) in [6, 6.07) is 0.217. The van der Waals surface area contributed by atoms with Crippen molar-refractivity contribution in [2.45, 2.75) is 77.4 Å². The van der Waals surface area contributed by atoms with Gasteiger partial charge < -0.3 is 10.5 Å². The number of methoxy groups -OCH3 is 1. The molecule has 17 heavy (non-hydrogen) atoms. The molecule has 0 bridgehead atoms. The van der Waals surface area contributed by atoms with E-state index in [2.05, 4.69) is 20.8 Å². The highest BCUT2D eigenvalue weighted by Gasteiger charge is 2.39. The van der Waals surface area contributed by atoms with Gasteiger partial charge >= 0.3 is 0 Å². The van der Waals surface area contributed by atoms with Gasteiger partial charge in [-0.25, -0.2) is 0 Å². The summed E-state index contributed by atoms with van der Waals surface area (Å²) in [5.41, 5.74) is 6.38. The molecule has 0 heterocycles. The van der Waals surface area contributed by atoms with Crippen LogP contribution in [-0.4, -0.2) is 18.8 Å². The van der Waals surface area contributed by atoms with Gasteiger partial charge in [-0.15, -0.1) is 0 Å². The van der Waals surface area contributed by atoms with Gasteiger partial charge in [0.25, 0.3) is 0 Å². The molecular formula is C15H31NO. The SMILES string of the molecule is COC1(C(N)CCCC(C)C)CCCC(C)C1. The molecule has 0 aromatic heterocycles. The highest BCUT2D eigenvalue weighted by molar-refractivity contribution is 4.95. The number of nitrogens with two attached hydrogens (primary N) is 1. The van der Waals surface area contributed by atoms with Crippen molar-refractivity contribution in [3.05, 3.63) is 0 Å². The van der Waals surface area contributed by atoms with E-state index < -0.39 is 0 Å². The summed E-state index contributed by atoms with van der Waals surface area (Å²) in [7, 11) is 1.85. The van der Waals surface area contributed by atoms with Crippen molar-refractivity contribution >= 4 is 0 Å². The molecule has 0 aromatic rings. The Balaban J connectivity index is 2.47. The lowest BCUT2D eigenvalue weighted by Gasteiger charge is -2.43. The van der Waals surface area contributed by atoms with Crippen LogP contribution >= 0.6 is 0 Å². The minimum atomic E-state index is -0.0331. The third-order valence-electron chi connectivity index (χ3n) is 4.37.